The van der Waals surface area contributed by atoms with Crippen molar-refractivity contribution in [1.82, 2.24) is 15.5 Å². The molecule has 2 aliphatic rings. The molecule has 2 rings (SSSR count). The highest BCUT2D eigenvalue weighted by molar-refractivity contribution is 14.0. The number of hydrogen-bond donors (Lipinski definition) is 2. The predicted molar refractivity (Wildman–Crippen MR) is 97.0 cm³/mol. The van der Waals surface area contributed by atoms with Crippen LogP contribution in [0.5, 0.6) is 0 Å². The van der Waals surface area contributed by atoms with Gasteiger partial charge in [0.25, 0.3) is 0 Å². The third kappa shape index (κ3) is 6.16. The summed E-state index contributed by atoms with van der Waals surface area (Å²) in [6, 6.07) is 0.927. The Hall–Kier alpha value is -0.0400. The smallest absolute Gasteiger partial charge is 0.190 e. The highest BCUT2D eigenvalue weighted by Crippen LogP contribution is 2.31. The highest BCUT2D eigenvalue weighted by atomic mass is 127. The zero-order chi connectivity index (χ0) is 13.5. The summed E-state index contributed by atoms with van der Waals surface area (Å²) in [4.78, 5) is 6.96. The van der Waals surface area contributed by atoms with Crippen molar-refractivity contribution in [2.45, 2.75) is 51.5 Å². The molecule has 1 saturated carbocycles. The lowest BCUT2D eigenvalue weighted by atomic mass is 10.1. The minimum absolute atomic E-state index is 0. The largest absolute Gasteiger partial charge is 0.356 e. The molecule has 118 valence electrons. The Bertz CT molecular complexity index is 292. The predicted octanol–water partition coefficient (Wildman–Crippen LogP) is 2.44. The third-order valence-electron chi connectivity index (χ3n) is 4.24. The number of unbranched alkanes of at least 4 members (excludes halogenated alkanes) is 2. The minimum atomic E-state index is 0. The zero-order valence-electron chi connectivity index (χ0n) is 13.0. The van der Waals surface area contributed by atoms with E-state index >= 15 is 0 Å². The molecule has 4 nitrogen and oxygen atoms in total. The minimum Gasteiger partial charge on any atom is -0.356 e. The van der Waals surface area contributed by atoms with Crippen LogP contribution in [0.3, 0.4) is 0 Å². The van der Waals surface area contributed by atoms with Gasteiger partial charge in [-0.1, -0.05) is 19.8 Å². The topological polar surface area (TPSA) is 39.7 Å². The lowest BCUT2D eigenvalue weighted by Crippen LogP contribution is -2.40. The maximum atomic E-state index is 4.29. The van der Waals surface area contributed by atoms with Crippen molar-refractivity contribution >= 4 is 29.9 Å². The molecular weight excluding hydrogens is 363 g/mol. The Kier molecular flexibility index (Phi) is 8.84. The Morgan fingerprint density at radius 3 is 2.65 bits per heavy atom. The molecule has 5 heteroatoms. The molecule has 1 atom stereocenters. The first-order valence-corrected chi connectivity index (χ1v) is 8.02. The molecule has 20 heavy (non-hydrogen) atoms. The number of rotatable bonds is 7. The maximum Gasteiger partial charge on any atom is 0.190 e. The van der Waals surface area contributed by atoms with E-state index in [1.54, 1.807) is 0 Å². The number of nitrogens with one attached hydrogen (secondary N) is 2. The summed E-state index contributed by atoms with van der Waals surface area (Å²) in [5.41, 5.74) is 0. The SMILES string of the molecule is CCCCCNC(=NC)NCC1CCN(C2CC2)C1.I. The average molecular weight is 394 g/mol. The Morgan fingerprint density at radius 1 is 1.20 bits per heavy atom. The lowest BCUT2D eigenvalue weighted by Gasteiger charge is -2.17. The van der Waals surface area contributed by atoms with Gasteiger partial charge in [0.15, 0.2) is 5.96 Å². The van der Waals surface area contributed by atoms with Crippen LogP contribution in [-0.2, 0) is 0 Å². The quantitative estimate of drug-likeness (QED) is 0.302. The fraction of sp³-hybridized carbons (Fsp3) is 0.933. The molecule has 0 aromatic heterocycles. The first-order chi connectivity index (χ1) is 9.33. The number of aliphatic imine (C=N–C) groups is 1. The van der Waals surface area contributed by atoms with E-state index in [1.807, 2.05) is 7.05 Å². The van der Waals surface area contributed by atoms with Gasteiger partial charge in [-0.15, -0.1) is 24.0 Å². The van der Waals surface area contributed by atoms with Gasteiger partial charge in [0, 0.05) is 32.7 Å². The standard InChI is InChI=1S/C15H30N4.HI/c1-3-4-5-9-17-15(16-2)18-11-13-8-10-19(12-13)14-6-7-14;/h13-14H,3-12H2,1-2H3,(H2,16,17,18);1H. The first-order valence-electron chi connectivity index (χ1n) is 8.02. The molecule has 2 fully saturated rings. The second kappa shape index (κ2) is 9.82. The van der Waals surface area contributed by atoms with Crippen LogP contribution in [0.25, 0.3) is 0 Å². The molecule has 1 heterocycles. The van der Waals surface area contributed by atoms with E-state index in [0.29, 0.717) is 0 Å². The molecule has 1 unspecified atom stereocenters. The van der Waals surface area contributed by atoms with Crippen molar-refractivity contribution < 1.29 is 0 Å². The van der Waals surface area contributed by atoms with Crippen LogP contribution in [0.2, 0.25) is 0 Å². The van der Waals surface area contributed by atoms with Gasteiger partial charge in [-0.25, -0.2) is 0 Å². The van der Waals surface area contributed by atoms with Gasteiger partial charge in [0.05, 0.1) is 0 Å². The summed E-state index contributed by atoms with van der Waals surface area (Å²) in [6.07, 6.45) is 8.00. The summed E-state index contributed by atoms with van der Waals surface area (Å²) in [5.74, 6) is 1.77. The van der Waals surface area contributed by atoms with Gasteiger partial charge >= 0.3 is 0 Å². The molecule has 0 aromatic carbocycles. The molecule has 0 spiro atoms. The van der Waals surface area contributed by atoms with E-state index in [9.17, 15) is 0 Å². The average Bonchev–Trinajstić information content (AvgIpc) is 3.18. The zero-order valence-corrected chi connectivity index (χ0v) is 15.4. The first kappa shape index (κ1) is 18.0. The summed E-state index contributed by atoms with van der Waals surface area (Å²) >= 11 is 0. The van der Waals surface area contributed by atoms with Crippen LogP contribution in [-0.4, -0.2) is 50.1 Å². The van der Waals surface area contributed by atoms with Gasteiger partial charge in [0.2, 0.25) is 0 Å². The Morgan fingerprint density at radius 2 is 2.00 bits per heavy atom. The molecule has 0 amide bonds. The van der Waals surface area contributed by atoms with Crippen molar-refractivity contribution in [2.24, 2.45) is 10.9 Å². The van der Waals surface area contributed by atoms with Crippen LogP contribution in [0, 0.1) is 5.92 Å². The number of likely N-dealkylation sites (tertiary alicyclic amines) is 1. The van der Waals surface area contributed by atoms with Gasteiger partial charge in [0.1, 0.15) is 0 Å². The molecule has 1 aliphatic carbocycles. The molecule has 2 N–H and O–H groups in total. The second-order valence-corrected chi connectivity index (χ2v) is 5.97. The fourth-order valence-corrected chi connectivity index (χ4v) is 2.84. The van der Waals surface area contributed by atoms with Crippen molar-refractivity contribution in [1.29, 1.82) is 0 Å². The summed E-state index contributed by atoms with van der Waals surface area (Å²) in [7, 11) is 1.86. The van der Waals surface area contributed by atoms with Crippen LogP contribution in [0.1, 0.15) is 45.4 Å². The summed E-state index contributed by atoms with van der Waals surface area (Å²) < 4.78 is 0. The van der Waals surface area contributed by atoms with Crippen molar-refractivity contribution in [3.05, 3.63) is 0 Å². The Balaban J connectivity index is 0.00000200. The highest BCUT2D eigenvalue weighted by Gasteiger charge is 2.34. The number of guanidine groups is 1. The van der Waals surface area contributed by atoms with Crippen LogP contribution < -0.4 is 10.6 Å². The molecule has 1 aliphatic heterocycles. The molecule has 1 saturated heterocycles. The number of nitrogens with zero attached hydrogens (tertiary/aromatic N) is 2. The van der Waals surface area contributed by atoms with Gasteiger partial charge in [-0.05, 0) is 38.1 Å². The van der Waals surface area contributed by atoms with E-state index in [4.69, 9.17) is 0 Å². The normalized spacial score (nSPS) is 23.5. The van der Waals surface area contributed by atoms with Gasteiger partial charge in [-0.3, -0.25) is 4.99 Å². The summed E-state index contributed by atoms with van der Waals surface area (Å²) in [6.45, 7) is 6.92. The molecule has 0 bridgehead atoms. The molecule has 0 aromatic rings. The van der Waals surface area contributed by atoms with E-state index < -0.39 is 0 Å². The van der Waals surface area contributed by atoms with E-state index in [-0.39, 0.29) is 24.0 Å². The molecular formula is C15H31IN4. The number of hydrogen-bond acceptors (Lipinski definition) is 2. The second-order valence-electron chi connectivity index (χ2n) is 5.97. The van der Waals surface area contributed by atoms with E-state index in [0.717, 1.165) is 31.0 Å². The van der Waals surface area contributed by atoms with Crippen LogP contribution in [0.15, 0.2) is 4.99 Å². The summed E-state index contributed by atoms with van der Waals surface area (Å²) in [5, 5.41) is 6.88. The van der Waals surface area contributed by atoms with Crippen LogP contribution >= 0.6 is 24.0 Å². The van der Waals surface area contributed by atoms with E-state index in [1.165, 1.54) is 51.6 Å². The fourth-order valence-electron chi connectivity index (χ4n) is 2.84. The van der Waals surface area contributed by atoms with E-state index in [2.05, 4.69) is 27.4 Å². The third-order valence-corrected chi connectivity index (χ3v) is 4.24. The molecule has 0 radical (unpaired) electrons. The van der Waals surface area contributed by atoms with Crippen molar-refractivity contribution in [3.63, 3.8) is 0 Å². The van der Waals surface area contributed by atoms with Gasteiger partial charge in [-0.2, -0.15) is 0 Å². The van der Waals surface area contributed by atoms with Gasteiger partial charge < -0.3 is 15.5 Å². The maximum absolute atomic E-state index is 4.29. The lowest BCUT2D eigenvalue weighted by molar-refractivity contribution is 0.314. The monoisotopic (exact) mass is 394 g/mol. The van der Waals surface area contributed by atoms with Crippen molar-refractivity contribution in [2.75, 3.05) is 33.2 Å². The van der Waals surface area contributed by atoms with Crippen LogP contribution in [0.4, 0.5) is 0 Å². The Labute approximate surface area is 141 Å². The number of halogens is 1. The van der Waals surface area contributed by atoms with Crippen molar-refractivity contribution in [3.8, 4) is 0 Å².